The van der Waals surface area contributed by atoms with Crippen LogP contribution in [0, 0.1) is 0 Å². The van der Waals surface area contributed by atoms with Crippen LogP contribution in [0.15, 0.2) is 158 Å². The van der Waals surface area contributed by atoms with Crippen molar-refractivity contribution in [1.29, 1.82) is 0 Å². The molecule has 3 N–H and O–H groups in total. The molecule has 47 heavy (non-hydrogen) atoms. The van der Waals surface area contributed by atoms with Gasteiger partial charge in [0.2, 0.25) is 0 Å². The molecule has 0 fully saturated rings. The summed E-state index contributed by atoms with van der Waals surface area (Å²) in [4.78, 5) is 25.7. The molecule has 0 aliphatic rings. The number of aromatic amines is 1. The lowest BCUT2D eigenvalue weighted by atomic mass is 9.77. The summed E-state index contributed by atoms with van der Waals surface area (Å²) in [6, 6.07) is 48.3. The highest BCUT2D eigenvalue weighted by atomic mass is 16.2. The maximum Gasteiger partial charge on any atom is 0.308 e. The maximum atomic E-state index is 13.5. The summed E-state index contributed by atoms with van der Waals surface area (Å²) in [7, 11) is 0. The molecule has 8 heteroatoms. The van der Waals surface area contributed by atoms with E-state index in [2.05, 4.69) is 87.4 Å². The van der Waals surface area contributed by atoms with E-state index in [1.54, 1.807) is 24.5 Å². The number of carbonyl (C=O) groups is 1. The zero-order valence-electron chi connectivity index (χ0n) is 25.2. The molecule has 0 aliphatic heterocycles. The number of amides is 1. The number of benzene rings is 5. The molecule has 0 saturated carbocycles. The number of nitrogens with zero attached hydrogens (tertiary/aromatic N) is 5. The molecule has 0 aliphatic carbocycles. The second kappa shape index (κ2) is 11.5. The Balaban J connectivity index is 1.44. The molecule has 0 atom stereocenters. The van der Waals surface area contributed by atoms with Crippen LogP contribution in [-0.2, 0) is 5.54 Å². The largest absolute Gasteiger partial charge is 0.334 e. The number of para-hydroxylation sites is 1. The minimum absolute atomic E-state index is 0.143. The van der Waals surface area contributed by atoms with Crippen molar-refractivity contribution in [2.45, 2.75) is 5.54 Å². The third-order valence-electron chi connectivity index (χ3n) is 8.58. The first-order chi connectivity index (χ1) is 23.1. The molecule has 1 amide bonds. The SMILES string of the molecule is NN(C(=O)c1nc2cc3c(-c4ccncc4)nn(C(c4ccccc4)(c4ccccc4)c4ccccc4)c3cc2[nH]1)c1ccccc1. The molecule has 0 saturated heterocycles. The second-order valence-electron chi connectivity index (χ2n) is 11.3. The predicted octanol–water partition coefficient (Wildman–Crippen LogP) is 7.34. The van der Waals surface area contributed by atoms with Crippen molar-refractivity contribution in [3.8, 4) is 11.3 Å². The van der Waals surface area contributed by atoms with Crippen molar-refractivity contribution in [3.05, 3.63) is 181 Å². The molecule has 0 unspecified atom stereocenters. The Bertz CT molecular complexity index is 2220. The molecule has 8 aromatic rings. The number of nitrogens with one attached hydrogen (secondary N) is 1. The predicted molar refractivity (Wildman–Crippen MR) is 185 cm³/mol. The van der Waals surface area contributed by atoms with E-state index in [-0.39, 0.29) is 5.82 Å². The van der Waals surface area contributed by atoms with Crippen LogP contribution in [0.2, 0.25) is 0 Å². The second-order valence-corrected chi connectivity index (χ2v) is 11.3. The van der Waals surface area contributed by atoms with Crippen LogP contribution in [0.3, 0.4) is 0 Å². The molecule has 3 heterocycles. The van der Waals surface area contributed by atoms with Crippen LogP contribution in [0.4, 0.5) is 5.69 Å². The molecular formula is C39H29N7O. The van der Waals surface area contributed by atoms with Gasteiger partial charge in [-0.2, -0.15) is 5.10 Å². The molecule has 0 bridgehead atoms. The number of rotatable bonds is 7. The number of carbonyl (C=O) groups excluding carboxylic acids is 1. The standard InChI is InChI=1S/C39H29N7O/c40-45(31-19-11-4-12-20-31)38(47)37-42-33-25-32-35(26-34(33)43-37)46(44-36(32)27-21-23-41-24-22-27)39(28-13-5-1-6-14-28,29-15-7-2-8-16-29)30-17-9-3-10-18-30/h1-26H,40H2,(H,42,43). The van der Waals surface area contributed by atoms with Gasteiger partial charge in [0.25, 0.3) is 0 Å². The molecule has 0 radical (unpaired) electrons. The van der Waals surface area contributed by atoms with Gasteiger partial charge in [-0.05, 0) is 53.1 Å². The molecular weight excluding hydrogens is 582 g/mol. The van der Waals surface area contributed by atoms with Crippen LogP contribution >= 0.6 is 0 Å². The summed E-state index contributed by atoms with van der Waals surface area (Å²) >= 11 is 0. The van der Waals surface area contributed by atoms with E-state index < -0.39 is 11.4 Å². The summed E-state index contributed by atoms with van der Waals surface area (Å²) in [5, 5.41) is 7.43. The van der Waals surface area contributed by atoms with Gasteiger partial charge in [-0.3, -0.25) is 9.78 Å². The summed E-state index contributed by atoms with van der Waals surface area (Å²) in [6.45, 7) is 0. The normalized spacial score (nSPS) is 11.6. The Labute approximate surface area is 270 Å². The van der Waals surface area contributed by atoms with Gasteiger partial charge < -0.3 is 4.98 Å². The first kappa shape index (κ1) is 28.1. The van der Waals surface area contributed by atoms with E-state index in [9.17, 15) is 4.79 Å². The van der Waals surface area contributed by atoms with E-state index in [4.69, 9.17) is 15.9 Å². The van der Waals surface area contributed by atoms with Gasteiger partial charge in [0.05, 0.1) is 22.2 Å². The summed E-state index contributed by atoms with van der Waals surface area (Å²) < 4.78 is 2.11. The van der Waals surface area contributed by atoms with Gasteiger partial charge in [-0.1, -0.05) is 109 Å². The van der Waals surface area contributed by atoms with Crippen LogP contribution in [0.1, 0.15) is 27.3 Å². The van der Waals surface area contributed by atoms with E-state index in [0.717, 1.165) is 43.9 Å². The van der Waals surface area contributed by atoms with Crippen LogP contribution in [0.5, 0.6) is 0 Å². The number of fused-ring (bicyclic) bond motifs is 2. The Morgan fingerprint density at radius 3 is 1.79 bits per heavy atom. The lowest BCUT2D eigenvalue weighted by Gasteiger charge is -2.37. The fraction of sp³-hybridized carbons (Fsp3) is 0.0256. The Morgan fingerprint density at radius 2 is 1.23 bits per heavy atom. The Kier molecular flexibility index (Phi) is 6.89. The topological polar surface area (TPSA) is 106 Å². The third-order valence-corrected chi connectivity index (χ3v) is 8.58. The van der Waals surface area contributed by atoms with Crippen molar-refractivity contribution >= 4 is 33.5 Å². The lowest BCUT2D eigenvalue weighted by molar-refractivity contribution is 0.0978. The van der Waals surface area contributed by atoms with Crippen LogP contribution < -0.4 is 10.9 Å². The monoisotopic (exact) mass is 611 g/mol. The number of hydrogen-bond acceptors (Lipinski definition) is 5. The highest BCUT2D eigenvalue weighted by Gasteiger charge is 2.41. The first-order valence-corrected chi connectivity index (χ1v) is 15.3. The Hall–Kier alpha value is -6.38. The number of anilines is 1. The number of aromatic nitrogens is 5. The molecule has 8 rings (SSSR count). The van der Waals surface area contributed by atoms with Crippen LogP contribution in [0.25, 0.3) is 33.2 Å². The average Bonchev–Trinajstić information content (AvgIpc) is 3.74. The van der Waals surface area contributed by atoms with Gasteiger partial charge in [0, 0.05) is 23.3 Å². The minimum atomic E-state index is -0.860. The number of imidazole rings is 1. The zero-order valence-corrected chi connectivity index (χ0v) is 25.2. The highest BCUT2D eigenvalue weighted by Crippen LogP contribution is 2.44. The number of pyridine rings is 1. The molecule has 5 aromatic carbocycles. The molecule has 8 nitrogen and oxygen atoms in total. The first-order valence-electron chi connectivity index (χ1n) is 15.3. The summed E-state index contributed by atoms with van der Waals surface area (Å²) in [5.74, 6) is 5.95. The minimum Gasteiger partial charge on any atom is -0.334 e. The molecule has 3 aromatic heterocycles. The van der Waals surface area contributed by atoms with E-state index in [0.29, 0.717) is 16.7 Å². The van der Waals surface area contributed by atoms with E-state index in [1.165, 1.54) is 0 Å². The zero-order chi connectivity index (χ0) is 31.8. The van der Waals surface area contributed by atoms with Gasteiger partial charge >= 0.3 is 5.91 Å². The van der Waals surface area contributed by atoms with Crippen molar-refractivity contribution in [2.75, 3.05) is 5.01 Å². The highest BCUT2D eigenvalue weighted by molar-refractivity contribution is 6.06. The smallest absolute Gasteiger partial charge is 0.308 e. The van der Waals surface area contributed by atoms with Gasteiger partial charge in [0.1, 0.15) is 11.2 Å². The van der Waals surface area contributed by atoms with Crippen molar-refractivity contribution in [3.63, 3.8) is 0 Å². The van der Waals surface area contributed by atoms with E-state index >= 15 is 0 Å². The number of hydrogen-bond donors (Lipinski definition) is 2. The maximum absolute atomic E-state index is 13.5. The van der Waals surface area contributed by atoms with E-state index in [1.807, 2.05) is 60.7 Å². The Morgan fingerprint density at radius 1 is 0.702 bits per heavy atom. The lowest BCUT2D eigenvalue weighted by Crippen LogP contribution is -2.38. The summed E-state index contributed by atoms with van der Waals surface area (Å²) in [6.07, 6.45) is 3.53. The van der Waals surface area contributed by atoms with Crippen molar-refractivity contribution in [1.82, 2.24) is 24.7 Å². The quantitative estimate of drug-likeness (QED) is 0.0849. The molecule has 0 spiro atoms. The fourth-order valence-electron chi connectivity index (χ4n) is 6.42. The van der Waals surface area contributed by atoms with Crippen LogP contribution in [-0.4, -0.2) is 30.6 Å². The van der Waals surface area contributed by atoms with Crippen molar-refractivity contribution in [2.24, 2.45) is 5.84 Å². The number of nitrogens with two attached hydrogens (primary N) is 1. The number of hydrazine groups is 1. The summed E-state index contributed by atoms with van der Waals surface area (Å²) in [5.41, 5.74) is 6.71. The number of H-pyrrole nitrogens is 1. The average molecular weight is 612 g/mol. The van der Waals surface area contributed by atoms with Gasteiger partial charge in [-0.15, -0.1) is 0 Å². The van der Waals surface area contributed by atoms with Gasteiger partial charge in [-0.25, -0.2) is 20.5 Å². The third kappa shape index (κ3) is 4.67. The molecule has 226 valence electrons. The van der Waals surface area contributed by atoms with Crippen molar-refractivity contribution < 1.29 is 4.79 Å². The van der Waals surface area contributed by atoms with Gasteiger partial charge in [0.15, 0.2) is 5.82 Å². The fourth-order valence-corrected chi connectivity index (χ4v) is 6.42.